The molecular weight excluding hydrogens is 232 g/mol. The van der Waals surface area contributed by atoms with Crippen LogP contribution in [0.4, 0.5) is 0 Å². The molecule has 0 aliphatic carbocycles. The van der Waals surface area contributed by atoms with E-state index in [1.807, 2.05) is 19.0 Å². The summed E-state index contributed by atoms with van der Waals surface area (Å²) in [5.41, 5.74) is 0. The molecular formula is C13H24N2O3. The highest BCUT2D eigenvalue weighted by atomic mass is 16.5. The zero-order valence-electron chi connectivity index (χ0n) is 11.6. The maximum atomic E-state index is 12.2. The molecule has 1 heterocycles. The maximum absolute atomic E-state index is 12.2. The highest BCUT2D eigenvalue weighted by molar-refractivity contribution is 5.99. The Hall–Kier alpha value is -0.940. The Kier molecular flexibility index (Phi) is 6.29. The number of hydrogen-bond donors (Lipinski definition) is 1. The Morgan fingerprint density at radius 2 is 1.94 bits per heavy atom. The van der Waals surface area contributed by atoms with Gasteiger partial charge in [-0.3, -0.25) is 9.59 Å². The van der Waals surface area contributed by atoms with Gasteiger partial charge in [-0.25, -0.2) is 0 Å². The summed E-state index contributed by atoms with van der Waals surface area (Å²) in [4.78, 5) is 26.0. The highest BCUT2D eigenvalue weighted by Gasteiger charge is 2.35. The quantitative estimate of drug-likeness (QED) is 0.547. The second-order valence-corrected chi connectivity index (χ2v) is 5.11. The topological polar surface area (TPSA) is 58.6 Å². The van der Waals surface area contributed by atoms with Gasteiger partial charge in [0, 0.05) is 13.0 Å². The Morgan fingerprint density at radius 1 is 1.33 bits per heavy atom. The summed E-state index contributed by atoms with van der Waals surface area (Å²) in [5.74, 6) is -0.793. The van der Waals surface area contributed by atoms with Crippen LogP contribution in [0.25, 0.3) is 0 Å². The standard InChI is InChI=1S/C13H24N2O3/c1-15(2)9-6-11(16)12(13(17)18-3)10-4-7-14-8-5-10/h10,12,14H,4-9H2,1-3H3. The molecule has 0 saturated carbocycles. The molecule has 0 aromatic carbocycles. The van der Waals surface area contributed by atoms with E-state index in [1.165, 1.54) is 7.11 Å². The van der Waals surface area contributed by atoms with Gasteiger partial charge in [0.15, 0.2) is 0 Å². The first-order valence-corrected chi connectivity index (χ1v) is 6.52. The summed E-state index contributed by atoms with van der Waals surface area (Å²) in [5, 5.41) is 3.24. The lowest BCUT2D eigenvalue weighted by molar-refractivity contribution is -0.152. The number of nitrogens with one attached hydrogen (secondary N) is 1. The largest absolute Gasteiger partial charge is 0.468 e. The van der Waals surface area contributed by atoms with Crippen molar-refractivity contribution >= 4 is 11.8 Å². The monoisotopic (exact) mass is 256 g/mol. The van der Waals surface area contributed by atoms with Crippen molar-refractivity contribution in [3.8, 4) is 0 Å². The summed E-state index contributed by atoms with van der Waals surface area (Å²) < 4.78 is 4.80. The third kappa shape index (κ3) is 4.38. The van der Waals surface area contributed by atoms with Gasteiger partial charge in [-0.15, -0.1) is 0 Å². The molecule has 1 unspecified atom stereocenters. The van der Waals surface area contributed by atoms with Crippen LogP contribution >= 0.6 is 0 Å². The number of piperidine rings is 1. The number of carbonyl (C=O) groups is 2. The summed E-state index contributed by atoms with van der Waals surface area (Å²) in [7, 11) is 5.20. The van der Waals surface area contributed by atoms with E-state index in [2.05, 4.69) is 5.32 Å². The van der Waals surface area contributed by atoms with E-state index in [1.54, 1.807) is 0 Å². The molecule has 5 heteroatoms. The molecule has 0 aromatic heterocycles. The fourth-order valence-corrected chi connectivity index (χ4v) is 2.38. The minimum atomic E-state index is -0.572. The van der Waals surface area contributed by atoms with Gasteiger partial charge in [0.05, 0.1) is 7.11 Å². The van der Waals surface area contributed by atoms with Crippen molar-refractivity contribution in [2.45, 2.75) is 19.3 Å². The maximum Gasteiger partial charge on any atom is 0.316 e. The van der Waals surface area contributed by atoms with Crippen LogP contribution in [0.5, 0.6) is 0 Å². The van der Waals surface area contributed by atoms with Gasteiger partial charge in [0.1, 0.15) is 11.7 Å². The Bertz CT molecular complexity index is 286. The fourth-order valence-electron chi connectivity index (χ4n) is 2.38. The minimum absolute atomic E-state index is 0.0162. The molecule has 1 rings (SSSR count). The molecule has 1 atom stereocenters. The van der Waals surface area contributed by atoms with Gasteiger partial charge in [0.25, 0.3) is 0 Å². The van der Waals surface area contributed by atoms with Crippen LogP contribution in [-0.2, 0) is 14.3 Å². The van der Waals surface area contributed by atoms with Crippen molar-refractivity contribution in [3.05, 3.63) is 0 Å². The molecule has 1 N–H and O–H groups in total. The number of esters is 1. The highest BCUT2D eigenvalue weighted by Crippen LogP contribution is 2.25. The van der Waals surface area contributed by atoms with Gasteiger partial charge in [0.2, 0.25) is 0 Å². The zero-order valence-corrected chi connectivity index (χ0v) is 11.6. The van der Waals surface area contributed by atoms with E-state index in [9.17, 15) is 9.59 Å². The van der Waals surface area contributed by atoms with E-state index < -0.39 is 5.92 Å². The first-order chi connectivity index (χ1) is 8.56. The number of methoxy groups -OCH3 is 1. The molecule has 1 aliphatic heterocycles. The van der Waals surface area contributed by atoms with Crippen LogP contribution in [0.1, 0.15) is 19.3 Å². The van der Waals surface area contributed by atoms with E-state index in [-0.39, 0.29) is 17.7 Å². The first kappa shape index (κ1) is 15.1. The average molecular weight is 256 g/mol. The SMILES string of the molecule is COC(=O)C(C(=O)CCN(C)C)C1CCNCC1. The van der Waals surface area contributed by atoms with Gasteiger partial charge in [-0.1, -0.05) is 0 Å². The molecule has 0 bridgehead atoms. The van der Waals surface area contributed by atoms with Gasteiger partial charge in [-0.2, -0.15) is 0 Å². The summed E-state index contributed by atoms with van der Waals surface area (Å²) in [6.45, 7) is 2.43. The molecule has 104 valence electrons. The summed E-state index contributed by atoms with van der Waals surface area (Å²) in [6, 6.07) is 0. The Labute approximate surface area is 109 Å². The van der Waals surface area contributed by atoms with Gasteiger partial charge in [-0.05, 0) is 45.9 Å². The third-order valence-corrected chi connectivity index (χ3v) is 3.46. The molecule has 5 nitrogen and oxygen atoms in total. The number of carbonyl (C=O) groups excluding carboxylic acids is 2. The van der Waals surface area contributed by atoms with Crippen molar-refractivity contribution in [3.63, 3.8) is 0 Å². The molecule has 0 aromatic rings. The van der Waals surface area contributed by atoms with Crippen molar-refractivity contribution in [2.75, 3.05) is 40.8 Å². The van der Waals surface area contributed by atoms with E-state index >= 15 is 0 Å². The van der Waals surface area contributed by atoms with E-state index in [0.717, 1.165) is 25.9 Å². The van der Waals surface area contributed by atoms with Crippen molar-refractivity contribution in [1.82, 2.24) is 10.2 Å². The smallest absolute Gasteiger partial charge is 0.316 e. The fraction of sp³-hybridized carbons (Fsp3) is 0.846. The number of ether oxygens (including phenoxy) is 1. The van der Waals surface area contributed by atoms with Crippen molar-refractivity contribution in [2.24, 2.45) is 11.8 Å². The molecule has 1 aliphatic rings. The molecule has 18 heavy (non-hydrogen) atoms. The number of rotatable bonds is 6. The lowest BCUT2D eigenvalue weighted by Gasteiger charge is -2.28. The van der Waals surface area contributed by atoms with Crippen LogP contribution in [0.2, 0.25) is 0 Å². The number of nitrogens with zero attached hydrogens (tertiary/aromatic N) is 1. The second kappa shape index (κ2) is 7.48. The van der Waals surface area contributed by atoms with Crippen LogP contribution in [0.3, 0.4) is 0 Å². The van der Waals surface area contributed by atoms with Crippen LogP contribution in [-0.4, -0.2) is 57.5 Å². The number of Topliss-reactive ketones (excluding diaryl/α,β-unsaturated/α-hetero) is 1. The van der Waals surface area contributed by atoms with E-state index in [0.29, 0.717) is 13.0 Å². The Morgan fingerprint density at radius 3 is 2.44 bits per heavy atom. The van der Waals surface area contributed by atoms with Crippen LogP contribution in [0, 0.1) is 11.8 Å². The van der Waals surface area contributed by atoms with Gasteiger partial charge < -0.3 is 15.0 Å². The van der Waals surface area contributed by atoms with Crippen LogP contribution < -0.4 is 5.32 Å². The predicted octanol–water partition coefficient (Wildman–Crippen LogP) is 0.296. The molecule has 0 spiro atoms. The number of ketones is 1. The Balaban J connectivity index is 2.64. The summed E-state index contributed by atoms with van der Waals surface area (Å²) in [6.07, 6.45) is 2.15. The average Bonchev–Trinajstić information content (AvgIpc) is 2.37. The lowest BCUT2D eigenvalue weighted by Crippen LogP contribution is -2.39. The third-order valence-electron chi connectivity index (χ3n) is 3.46. The predicted molar refractivity (Wildman–Crippen MR) is 69.3 cm³/mol. The lowest BCUT2D eigenvalue weighted by atomic mass is 9.81. The summed E-state index contributed by atoms with van der Waals surface area (Å²) >= 11 is 0. The molecule has 0 radical (unpaired) electrons. The molecule has 0 amide bonds. The normalized spacial score (nSPS) is 18.7. The van der Waals surface area contributed by atoms with Crippen LogP contribution in [0.15, 0.2) is 0 Å². The van der Waals surface area contributed by atoms with Gasteiger partial charge >= 0.3 is 5.97 Å². The van der Waals surface area contributed by atoms with Crippen molar-refractivity contribution < 1.29 is 14.3 Å². The molecule has 1 saturated heterocycles. The zero-order chi connectivity index (χ0) is 13.5. The first-order valence-electron chi connectivity index (χ1n) is 6.52. The number of hydrogen-bond acceptors (Lipinski definition) is 5. The second-order valence-electron chi connectivity index (χ2n) is 5.11. The minimum Gasteiger partial charge on any atom is -0.468 e. The van der Waals surface area contributed by atoms with E-state index in [4.69, 9.17) is 4.74 Å². The molecule has 1 fully saturated rings. The van der Waals surface area contributed by atoms with Crippen molar-refractivity contribution in [1.29, 1.82) is 0 Å².